The molecule has 0 fully saturated rings. The Morgan fingerprint density at radius 1 is 1.41 bits per heavy atom. The van der Waals surface area contributed by atoms with Crippen molar-refractivity contribution in [1.82, 2.24) is 0 Å². The molecule has 0 unspecified atom stereocenters. The molecular formula is C14H20N2O. The highest BCUT2D eigenvalue weighted by atomic mass is 16.3. The molecule has 1 aromatic rings. The number of nitrogens with two attached hydrogens (primary N) is 1. The molecule has 4 N–H and O–H groups in total. The Labute approximate surface area is 102 Å². The highest BCUT2D eigenvalue weighted by Gasteiger charge is 2.14. The quantitative estimate of drug-likeness (QED) is 0.699. The molecule has 0 saturated carbocycles. The van der Waals surface area contributed by atoms with Crippen LogP contribution in [0.3, 0.4) is 0 Å². The SMILES string of the molecule is CC(C)(C)c1cccc(C(=N)C=C(N)CO)c1. The lowest BCUT2D eigenvalue weighted by Crippen LogP contribution is -2.12. The van der Waals surface area contributed by atoms with Crippen molar-refractivity contribution < 1.29 is 5.11 Å². The maximum Gasteiger partial charge on any atom is 0.0826 e. The van der Waals surface area contributed by atoms with Gasteiger partial charge in [0.15, 0.2) is 0 Å². The summed E-state index contributed by atoms with van der Waals surface area (Å²) < 4.78 is 0. The van der Waals surface area contributed by atoms with Crippen molar-refractivity contribution in [3.8, 4) is 0 Å². The number of aliphatic hydroxyl groups is 1. The van der Waals surface area contributed by atoms with Gasteiger partial charge in [0.25, 0.3) is 0 Å². The zero-order chi connectivity index (χ0) is 13.1. The predicted octanol–water partition coefficient (Wildman–Crippen LogP) is 2.19. The van der Waals surface area contributed by atoms with E-state index >= 15 is 0 Å². The summed E-state index contributed by atoms with van der Waals surface area (Å²) in [5.41, 5.74) is 8.18. The number of benzene rings is 1. The van der Waals surface area contributed by atoms with E-state index in [0.29, 0.717) is 11.4 Å². The van der Waals surface area contributed by atoms with Crippen LogP contribution >= 0.6 is 0 Å². The van der Waals surface area contributed by atoms with Gasteiger partial charge < -0.3 is 16.2 Å². The van der Waals surface area contributed by atoms with Crippen LogP contribution in [0.2, 0.25) is 0 Å². The molecule has 1 aromatic carbocycles. The zero-order valence-corrected chi connectivity index (χ0v) is 10.6. The Morgan fingerprint density at radius 2 is 2.06 bits per heavy atom. The van der Waals surface area contributed by atoms with Crippen LogP contribution in [0, 0.1) is 5.41 Å². The van der Waals surface area contributed by atoms with Gasteiger partial charge in [0.1, 0.15) is 0 Å². The van der Waals surface area contributed by atoms with Crippen molar-refractivity contribution in [1.29, 1.82) is 5.41 Å². The van der Waals surface area contributed by atoms with Crippen LogP contribution in [0.25, 0.3) is 0 Å². The molecule has 3 heteroatoms. The van der Waals surface area contributed by atoms with Crippen LogP contribution in [-0.2, 0) is 5.41 Å². The fourth-order valence-corrected chi connectivity index (χ4v) is 1.47. The summed E-state index contributed by atoms with van der Waals surface area (Å²) >= 11 is 0. The molecule has 0 amide bonds. The molecule has 0 atom stereocenters. The van der Waals surface area contributed by atoms with Crippen LogP contribution in [0.5, 0.6) is 0 Å². The highest BCUT2D eigenvalue weighted by Crippen LogP contribution is 2.23. The molecular weight excluding hydrogens is 212 g/mol. The highest BCUT2D eigenvalue weighted by molar-refractivity contribution is 6.06. The number of hydrogen-bond acceptors (Lipinski definition) is 3. The largest absolute Gasteiger partial charge is 0.400 e. The van der Waals surface area contributed by atoms with Gasteiger partial charge in [-0.3, -0.25) is 0 Å². The van der Waals surface area contributed by atoms with Gasteiger partial charge in [-0.25, -0.2) is 0 Å². The standard InChI is InChI=1S/C14H20N2O/c1-14(2,3)11-6-4-5-10(7-11)13(16)8-12(15)9-17/h4-8,16-17H,9,15H2,1-3H3. The molecule has 0 radical (unpaired) electrons. The molecule has 92 valence electrons. The summed E-state index contributed by atoms with van der Waals surface area (Å²) in [4.78, 5) is 0. The zero-order valence-electron chi connectivity index (χ0n) is 10.6. The first-order valence-corrected chi connectivity index (χ1v) is 5.61. The lowest BCUT2D eigenvalue weighted by atomic mass is 9.86. The van der Waals surface area contributed by atoms with Crippen molar-refractivity contribution in [3.63, 3.8) is 0 Å². The minimum Gasteiger partial charge on any atom is -0.400 e. The van der Waals surface area contributed by atoms with Crippen LogP contribution in [-0.4, -0.2) is 17.4 Å². The third-order valence-electron chi connectivity index (χ3n) is 2.55. The third-order valence-corrected chi connectivity index (χ3v) is 2.55. The molecule has 1 rings (SSSR count). The van der Waals surface area contributed by atoms with Gasteiger partial charge in [-0.15, -0.1) is 0 Å². The van der Waals surface area contributed by atoms with Crippen molar-refractivity contribution in [2.75, 3.05) is 6.61 Å². The first-order chi connectivity index (χ1) is 7.84. The van der Waals surface area contributed by atoms with Gasteiger partial charge in [-0.2, -0.15) is 0 Å². The second-order valence-corrected chi connectivity index (χ2v) is 5.12. The third kappa shape index (κ3) is 3.71. The molecule has 0 heterocycles. The van der Waals surface area contributed by atoms with E-state index in [-0.39, 0.29) is 12.0 Å². The molecule has 0 aliphatic carbocycles. The first kappa shape index (κ1) is 13.5. The van der Waals surface area contributed by atoms with E-state index in [4.69, 9.17) is 16.2 Å². The van der Waals surface area contributed by atoms with E-state index in [2.05, 4.69) is 26.8 Å². The molecule has 17 heavy (non-hydrogen) atoms. The number of rotatable bonds is 3. The predicted molar refractivity (Wildman–Crippen MR) is 71.3 cm³/mol. The van der Waals surface area contributed by atoms with Gasteiger partial charge >= 0.3 is 0 Å². The Kier molecular flexibility index (Phi) is 4.07. The number of aliphatic hydroxyl groups excluding tert-OH is 1. The first-order valence-electron chi connectivity index (χ1n) is 5.61. The summed E-state index contributed by atoms with van der Waals surface area (Å²) in [7, 11) is 0. The average Bonchev–Trinajstić information content (AvgIpc) is 2.28. The van der Waals surface area contributed by atoms with E-state index in [1.54, 1.807) is 0 Å². The molecule has 0 spiro atoms. The monoisotopic (exact) mass is 232 g/mol. The maximum atomic E-state index is 8.82. The molecule has 0 aliphatic heterocycles. The smallest absolute Gasteiger partial charge is 0.0826 e. The van der Waals surface area contributed by atoms with Crippen molar-refractivity contribution >= 4 is 5.71 Å². The van der Waals surface area contributed by atoms with Gasteiger partial charge in [-0.05, 0) is 28.7 Å². The van der Waals surface area contributed by atoms with Gasteiger partial charge in [-0.1, -0.05) is 39.0 Å². The Bertz CT molecular complexity index is 442. The number of allylic oxidation sites excluding steroid dienone is 1. The number of nitrogens with one attached hydrogen (secondary N) is 1. The van der Waals surface area contributed by atoms with Crippen LogP contribution in [0.1, 0.15) is 31.9 Å². The minimum atomic E-state index is -0.221. The lowest BCUT2D eigenvalue weighted by molar-refractivity contribution is 0.330. The summed E-state index contributed by atoms with van der Waals surface area (Å²) in [6.45, 7) is 6.18. The van der Waals surface area contributed by atoms with E-state index in [9.17, 15) is 0 Å². The average molecular weight is 232 g/mol. The van der Waals surface area contributed by atoms with E-state index < -0.39 is 0 Å². The minimum absolute atomic E-state index is 0.0581. The summed E-state index contributed by atoms with van der Waals surface area (Å²) in [5, 5.41) is 16.7. The van der Waals surface area contributed by atoms with E-state index in [1.165, 1.54) is 11.6 Å². The Morgan fingerprint density at radius 3 is 2.59 bits per heavy atom. The van der Waals surface area contributed by atoms with Crippen molar-refractivity contribution in [2.24, 2.45) is 5.73 Å². The Balaban J connectivity index is 3.05. The van der Waals surface area contributed by atoms with Crippen LogP contribution < -0.4 is 5.73 Å². The fourth-order valence-electron chi connectivity index (χ4n) is 1.47. The maximum absolute atomic E-state index is 8.82. The van der Waals surface area contributed by atoms with Crippen molar-refractivity contribution in [2.45, 2.75) is 26.2 Å². The fraction of sp³-hybridized carbons (Fsp3) is 0.357. The normalized spacial score (nSPS) is 12.6. The van der Waals surface area contributed by atoms with Gasteiger partial charge in [0.2, 0.25) is 0 Å². The van der Waals surface area contributed by atoms with Crippen molar-refractivity contribution in [3.05, 3.63) is 47.2 Å². The second-order valence-electron chi connectivity index (χ2n) is 5.12. The summed E-state index contributed by atoms with van der Waals surface area (Å²) in [5.74, 6) is 0. The van der Waals surface area contributed by atoms with E-state index in [0.717, 1.165) is 5.56 Å². The number of hydrogen-bond donors (Lipinski definition) is 3. The summed E-state index contributed by atoms with van der Waals surface area (Å²) in [6, 6.07) is 7.85. The Hall–Kier alpha value is -1.61. The van der Waals surface area contributed by atoms with Gasteiger partial charge in [0, 0.05) is 5.70 Å². The topological polar surface area (TPSA) is 70.1 Å². The molecule has 0 bridgehead atoms. The summed E-state index contributed by atoms with van der Waals surface area (Å²) in [6.07, 6.45) is 1.49. The molecule has 0 aromatic heterocycles. The molecule has 0 saturated heterocycles. The molecule has 0 aliphatic rings. The van der Waals surface area contributed by atoms with Crippen LogP contribution in [0.4, 0.5) is 0 Å². The second kappa shape index (κ2) is 5.15. The van der Waals surface area contributed by atoms with Gasteiger partial charge in [0.05, 0.1) is 12.3 Å². The molecule has 3 nitrogen and oxygen atoms in total. The van der Waals surface area contributed by atoms with Crippen LogP contribution in [0.15, 0.2) is 36.0 Å². The lowest BCUT2D eigenvalue weighted by Gasteiger charge is -2.19. The van der Waals surface area contributed by atoms with E-state index in [1.807, 2.05) is 18.2 Å².